The highest BCUT2D eigenvalue weighted by Gasteiger charge is 2.17. The predicted octanol–water partition coefficient (Wildman–Crippen LogP) is 0.827. The van der Waals surface area contributed by atoms with Gasteiger partial charge in [-0.2, -0.15) is 0 Å². The van der Waals surface area contributed by atoms with E-state index < -0.39 is 0 Å². The highest BCUT2D eigenvalue weighted by atomic mass is 16.5. The summed E-state index contributed by atoms with van der Waals surface area (Å²) in [7, 11) is 5.90. The standard InChI is InChI=1S/C12H28N2O2/c1-12(2,11-14(3)4)10-13-6-7-16-9-8-15-5/h13H,6-11H2,1-5H3. The third-order valence-corrected chi connectivity index (χ3v) is 2.20. The molecule has 0 fully saturated rings. The number of hydrogen-bond acceptors (Lipinski definition) is 4. The minimum Gasteiger partial charge on any atom is -0.382 e. The number of methoxy groups -OCH3 is 1. The Labute approximate surface area is 100 Å². The second-order valence-corrected chi connectivity index (χ2v) is 5.18. The molecule has 0 aromatic carbocycles. The van der Waals surface area contributed by atoms with Crippen LogP contribution in [0.2, 0.25) is 0 Å². The molecule has 0 saturated heterocycles. The van der Waals surface area contributed by atoms with Crippen molar-refractivity contribution in [2.45, 2.75) is 13.8 Å². The number of hydrogen-bond donors (Lipinski definition) is 1. The highest BCUT2D eigenvalue weighted by Crippen LogP contribution is 2.13. The second kappa shape index (κ2) is 8.93. The van der Waals surface area contributed by atoms with Crippen LogP contribution in [0.25, 0.3) is 0 Å². The number of nitrogens with one attached hydrogen (secondary N) is 1. The first kappa shape index (κ1) is 15.8. The lowest BCUT2D eigenvalue weighted by molar-refractivity contribution is 0.0708. The SMILES string of the molecule is COCCOCCNCC(C)(C)CN(C)C. The average Bonchev–Trinajstić information content (AvgIpc) is 2.14. The van der Waals surface area contributed by atoms with Gasteiger partial charge in [-0.05, 0) is 19.5 Å². The van der Waals surface area contributed by atoms with Crippen molar-refractivity contribution in [2.24, 2.45) is 5.41 Å². The van der Waals surface area contributed by atoms with E-state index in [4.69, 9.17) is 9.47 Å². The predicted molar refractivity (Wildman–Crippen MR) is 67.9 cm³/mol. The molecule has 0 amide bonds. The van der Waals surface area contributed by atoms with Crippen LogP contribution in [-0.4, -0.2) is 65.6 Å². The van der Waals surface area contributed by atoms with Crippen molar-refractivity contribution in [1.82, 2.24) is 10.2 Å². The molecule has 4 heteroatoms. The van der Waals surface area contributed by atoms with E-state index in [9.17, 15) is 0 Å². The normalized spacial score (nSPS) is 12.4. The van der Waals surface area contributed by atoms with Crippen molar-refractivity contribution in [1.29, 1.82) is 0 Å². The smallest absolute Gasteiger partial charge is 0.0700 e. The van der Waals surface area contributed by atoms with Gasteiger partial charge in [0.15, 0.2) is 0 Å². The first-order valence-electron chi connectivity index (χ1n) is 5.90. The fourth-order valence-electron chi connectivity index (χ4n) is 1.73. The van der Waals surface area contributed by atoms with Crippen molar-refractivity contribution in [2.75, 3.05) is 60.7 Å². The summed E-state index contributed by atoms with van der Waals surface area (Å²) < 4.78 is 10.3. The molecule has 0 atom stereocenters. The molecule has 4 nitrogen and oxygen atoms in total. The van der Waals surface area contributed by atoms with Gasteiger partial charge < -0.3 is 19.7 Å². The first-order chi connectivity index (χ1) is 7.48. The lowest BCUT2D eigenvalue weighted by Gasteiger charge is -2.28. The van der Waals surface area contributed by atoms with E-state index in [0.717, 1.165) is 26.2 Å². The Kier molecular flexibility index (Phi) is 8.84. The fourth-order valence-corrected chi connectivity index (χ4v) is 1.73. The minimum absolute atomic E-state index is 0.302. The van der Waals surface area contributed by atoms with Gasteiger partial charge in [0, 0.05) is 26.7 Å². The number of ether oxygens (including phenoxy) is 2. The van der Waals surface area contributed by atoms with Crippen LogP contribution in [-0.2, 0) is 9.47 Å². The zero-order chi connectivity index (χ0) is 12.4. The molecule has 1 N–H and O–H groups in total. The van der Waals surface area contributed by atoms with Gasteiger partial charge in [-0.3, -0.25) is 0 Å². The highest BCUT2D eigenvalue weighted by molar-refractivity contribution is 4.73. The lowest BCUT2D eigenvalue weighted by atomic mass is 9.93. The van der Waals surface area contributed by atoms with Crippen molar-refractivity contribution < 1.29 is 9.47 Å². The van der Waals surface area contributed by atoms with Gasteiger partial charge in [0.05, 0.1) is 19.8 Å². The van der Waals surface area contributed by atoms with Gasteiger partial charge in [-0.25, -0.2) is 0 Å². The van der Waals surface area contributed by atoms with E-state index in [1.54, 1.807) is 7.11 Å². The van der Waals surface area contributed by atoms with E-state index in [1.165, 1.54) is 0 Å². The zero-order valence-electron chi connectivity index (χ0n) is 11.5. The molecule has 0 aromatic heterocycles. The molecular formula is C12H28N2O2. The Morgan fingerprint density at radius 2 is 1.81 bits per heavy atom. The Balaban J connectivity index is 3.36. The molecule has 0 radical (unpaired) electrons. The monoisotopic (exact) mass is 232 g/mol. The summed E-state index contributed by atoms with van der Waals surface area (Å²) in [6.45, 7) is 9.65. The molecule has 16 heavy (non-hydrogen) atoms. The maximum absolute atomic E-state index is 5.37. The zero-order valence-corrected chi connectivity index (χ0v) is 11.5. The summed E-state index contributed by atoms with van der Waals surface area (Å²) >= 11 is 0. The first-order valence-corrected chi connectivity index (χ1v) is 5.90. The van der Waals surface area contributed by atoms with Crippen molar-refractivity contribution >= 4 is 0 Å². The quantitative estimate of drug-likeness (QED) is 0.566. The molecule has 0 spiro atoms. The molecule has 0 bridgehead atoms. The molecule has 0 heterocycles. The van der Waals surface area contributed by atoms with Gasteiger partial charge in [-0.15, -0.1) is 0 Å². The fraction of sp³-hybridized carbons (Fsp3) is 1.00. The lowest BCUT2D eigenvalue weighted by Crippen LogP contribution is -2.38. The van der Waals surface area contributed by atoms with Gasteiger partial charge >= 0.3 is 0 Å². The Morgan fingerprint density at radius 3 is 2.38 bits per heavy atom. The second-order valence-electron chi connectivity index (χ2n) is 5.18. The number of rotatable bonds is 10. The molecule has 0 aliphatic carbocycles. The Morgan fingerprint density at radius 1 is 1.12 bits per heavy atom. The topological polar surface area (TPSA) is 33.7 Å². The van der Waals surface area contributed by atoms with Gasteiger partial charge in [-0.1, -0.05) is 13.8 Å². The molecule has 0 unspecified atom stereocenters. The van der Waals surface area contributed by atoms with E-state index >= 15 is 0 Å². The van der Waals surface area contributed by atoms with Crippen LogP contribution in [0.5, 0.6) is 0 Å². The van der Waals surface area contributed by atoms with Crippen molar-refractivity contribution in [3.05, 3.63) is 0 Å². The maximum atomic E-state index is 5.37. The van der Waals surface area contributed by atoms with Crippen LogP contribution in [0.4, 0.5) is 0 Å². The molecule has 0 aliphatic heterocycles. The van der Waals surface area contributed by atoms with Gasteiger partial charge in [0.1, 0.15) is 0 Å². The van der Waals surface area contributed by atoms with Crippen LogP contribution in [0.15, 0.2) is 0 Å². The Hall–Kier alpha value is -0.160. The van der Waals surface area contributed by atoms with Gasteiger partial charge in [0.2, 0.25) is 0 Å². The number of nitrogens with zero attached hydrogens (tertiary/aromatic N) is 1. The molecule has 0 aromatic rings. The third-order valence-electron chi connectivity index (χ3n) is 2.20. The summed E-state index contributed by atoms with van der Waals surface area (Å²) in [4.78, 5) is 2.22. The summed E-state index contributed by atoms with van der Waals surface area (Å²) in [5, 5.41) is 3.42. The van der Waals surface area contributed by atoms with Crippen LogP contribution in [0.1, 0.15) is 13.8 Å². The molecular weight excluding hydrogens is 204 g/mol. The molecule has 0 rings (SSSR count). The van der Waals surface area contributed by atoms with Crippen LogP contribution in [0, 0.1) is 5.41 Å². The maximum Gasteiger partial charge on any atom is 0.0700 e. The van der Waals surface area contributed by atoms with E-state index in [-0.39, 0.29) is 0 Å². The minimum atomic E-state index is 0.302. The summed E-state index contributed by atoms with van der Waals surface area (Å²) in [6.07, 6.45) is 0. The third kappa shape index (κ3) is 10.4. The largest absolute Gasteiger partial charge is 0.382 e. The van der Waals surface area contributed by atoms with Crippen LogP contribution >= 0.6 is 0 Å². The van der Waals surface area contributed by atoms with E-state index in [0.29, 0.717) is 18.6 Å². The Bertz CT molecular complexity index is 161. The van der Waals surface area contributed by atoms with Crippen molar-refractivity contribution in [3.8, 4) is 0 Å². The van der Waals surface area contributed by atoms with E-state index in [2.05, 4.69) is 38.2 Å². The van der Waals surface area contributed by atoms with E-state index in [1.807, 2.05) is 0 Å². The summed E-state index contributed by atoms with van der Waals surface area (Å²) in [5.74, 6) is 0. The average molecular weight is 232 g/mol. The summed E-state index contributed by atoms with van der Waals surface area (Å²) in [6, 6.07) is 0. The van der Waals surface area contributed by atoms with Crippen LogP contribution in [0.3, 0.4) is 0 Å². The molecule has 0 saturated carbocycles. The summed E-state index contributed by atoms with van der Waals surface area (Å²) in [5.41, 5.74) is 0.302. The van der Waals surface area contributed by atoms with Crippen molar-refractivity contribution in [3.63, 3.8) is 0 Å². The van der Waals surface area contributed by atoms with Crippen LogP contribution < -0.4 is 5.32 Å². The molecule has 0 aliphatic rings. The van der Waals surface area contributed by atoms with Gasteiger partial charge in [0.25, 0.3) is 0 Å². The molecule has 98 valence electrons.